The summed E-state index contributed by atoms with van der Waals surface area (Å²) in [6.07, 6.45) is 1.70. The minimum atomic E-state index is -0.105. The van der Waals surface area contributed by atoms with Gasteiger partial charge in [0.25, 0.3) is 5.56 Å². The number of aliphatic hydroxyl groups is 1. The second-order valence-corrected chi connectivity index (χ2v) is 3.77. The average Bonchev–Trinajstić information content (AvgIpc) is 2.71. The van der Waals surface area contributed by atoms with Crippen LogP contribution < -0.4 is 5.56 Å². The summed E-state index contributed by atoms with van der Waals surface area (Å²) in [5.74, 6) is 0. The van der Waals surface area contributed by atoms with Crippen molar-refractivity contribution < 1.29 is 5.11 Å². The lowest BCUT2D eigenvalue weighted by Crippen LogP contribution is -2.16. The molecule has 1 N–H and O–H groups in total. The van der Waals surface area contributed by atoms with Gasteiger partial charge in [-0.25, -0.2) is 0 Å². The van der Waals surface area contributed by atoms with Crippen LogP contribution in [0.1, 0.15) is 5.56 Å². The van der Waals surface area contributed by atoms with Crippen molar-refractivity contribution in [2.24, 2.45) is 0 Å². The van der Waals surface area contributed by atoms with E-state index in [0.717, 1.165) is 5.00 Å². The molecule has 3 nitrogen and oxygen atoms in total. The molecule has 0 aromatic carbocycles. The van der Waals surface area contributed by atoms with Crippen molar-refractivity contribution in [2.45, 2.75) is 6.61 Å². The summed E-state index contributed by atoms with van der Waals surface area (Å²) in [6, 6.07) is 7.03. The summed E-state index contributed by atoms with van der Waals surface area (Å²) in [5, 5.41) is 7.02. The van der Waals surface area contributed by atoms with Crippen molar-refractivity contribution in [3.8, 4) is 5.00 Å². The maximum absolute atomic E-state index is 11.7. The first kappa shape index (κ1) is 7.96. The van der Waals surface area contributed by atoms with Gasteiger partial charge >= 0.3 is 0 Å². The molecule has 2 aromatic rings. The van der Waals surface area contributed by atoms with Gasteiger partial charge in [-0.05, 0) is 29.1 Å². The number of rotatable bonds is 3. The Balaban J connectivity index is 2.40. The predicted octanol–water partition coefficient (Wildman–Crippen LogP) is 1.39. The smallest absolute Gasteiger partial charge is 0.256 e. The molecule has 0 atom stereocenters. The molecule has 0 spiro atoms. The van der Waals surface area contributed by atoms with Gasteiger partial charge in [0, 0.05) is 12.3 Å². The molecule has 0 bridgehead atoms. The van der Waals surface area contributed by atoms with Crippen molar-refractivity contribution in [3.63, 3.8) is 0 Å². The molecule has 0 aliphatic carbocycles. The van der Waals surface area contributed by atoms with Gasteiger partial charge in [-0.2, -0.15) is 0 Å². The SMILES string of the molecule is [3H]OCc1ccn(-c2cccs2)c(=O)c1. The number of hydrogen-bond donors (Lipinski definition) is 1. The molecule has 0 saturated carbocycles. The first-order chi connectivity index (χ1) is 7.31. The van der Waals surface area contributed by atoms with Crippen molar-refractivity contribution >= 4 is 11.3 Å². The Labute approximate surface area is 86.4 Å². The van der Waals surface area contributed by atoms with E-state index in [1.54, 1.807) is 16.8 Å². The Morgan fingerprint density at radius 1 is 1.57 bits per heavy atom. The maximum atomic E-state index is 11.7. The Bertz CT molecular complexity index is 492. The van der Waals surface area contributed by atoms with Gasteiger partial charge in [-0.3, -0.25) is 9.36 Å². The van der Waals surface area contributed by atoms with Gasteiger partial charge in [0.2, 0.25) is 1.43 Å². The van der Waals surface area contributed by atoms with Gasteiger partial charge in [-0.15, -0.1) is 11.3 Å². The Morgan fingerprint density at radius 3 is 3.14 bits per heavy atom. The number of aromatic nitrogens is 1. The van der Waals surface area contributed by atoms with Gasteiger partial charge in [-0.1, -0.05) is 0 Å². The standard InChI is InChI=1S/C10H9NO2S/c12-7-8-3-4-11(9(13)6-8)10-2-1-5-14-10/h1-6,12H,7H2/i12T. The monoisotopic (exact) mass is 209 g/mol. The van der Waals surface area contributed by atoms with Crippen molar-refractivity contribution in [1.29, 1.82) is 1.43 Å². The number of thiophene rings is 1. The maximum Gasteiger partial charge on any atom is 0.256 e. The molecule has 72 valence electrons. The molecule has 2 aromatic heterocycles. The largest absolute Gasteiger partial charge is 0.392 e. The van der Waals surface area contributed by atoms with Crippen LogP contribution in [0.5, 0.6) is 0 Å². The van der Waals surface area contributed by atoms with E-state index in [0.29, 0.717) is 5.56 Å². The minimum Gasteiger partial charge on any atom is -0.392 e. The molecule has 4 heteroatoms. The van der Waals surface area contributed by atoms with Gasteiger partial charge < -0.3 is 5.11 Å². The highest BCUT2D eigenvalue weighted by molar-refractivity contribution is 7.12. The fourth-order valence-electron chi connectivity index (χ4n) is 1.20. The molecular weight excluding hydrogens is 198 g/mol. The van der Waals surface area contributed by atoms with Crippen LogP contribution in [0.15, 0.2) is 40.6 Å². The summed E-state index contributed by atoms with van der Waals surface area (Å²) in [5.41, 5.74) is 0.606. The third-order valence-corrected chi connectivity index (χ3v) is 2.76. The normalized spacial score (nSPS) is 11.3. The lowest BCUT2D eigenvalue weighted by Gasteiger charge is -2.02. The first-order valence-electron chi connectivity index (χ1n) is 4.55. The third-order valence-electron chi connectivity index (χ3n) is 1.89. The molecule has 0 unspecified atom stereocenters. The first-order valence-corrected chi connectivity index (χ1v) is 5.03. The highest BCUT2D eigenvalue weighted by Gasteiger charge is 2.00. The van der Waals surface area contributed by atoms with Crippen molar-refractivity contribution in [2.75, 3.05) is 0 Å². The summed E-state index contributed by atoms with van der Waals surface area (Å²) in [7, 11) is 0. The summed E-state index contributed by atoms with van der Waals surface area (Å²) in [4.78, 5) is 11.7. The zero-order valence-electron chi connectivity index (χ0n) is 8.34. The topological polar surface area (TPSA) is 42.2 Å². The van der Waals surface area contributed by atoms with Gasteiger partial charge in [0.15, 0.2) is 0 Å². The van der Waals surface area contributed by atoms with Crippen LogP contribution in [-0.2, 0) is 6.61 Å². The van der Waals surface area contributed by atoms with E-state index >= 15 is 0 Å². The Hall–Kier alpha value is -1.39. The van der Waals surface area contributed by atoms with Crippen LogP contribution >= 0.6 is 11.3 Å². The number of aliphatic hydroxyl groups excluding tert-OH is 1. The van der Waals surface area contributed by atoms with Crippen LogP contribution in [0.25, 0.3) is 5.00 Å². The average molecular weight is 209 g/mol. The quantitative estimate of drug-likeness (QED) is 0.830. The van der Waals surface area contributed by atoms with Gasteiger partial charge in [0.05, 0.1) is 6.61 Å². The van der Waals surface area contributed by atoms with E-state index in [4.69, 9.17) is 1.43 Å². The molecule has 0 aliphatic rings. The molecule has 0 saturated heterocycles. The molecule has 14 heavy (non-hydrogen) atoms. The lowest BCUT2D eigenvalue weighted by molar-refractivity contribution is 0.281. The van der Waals surface area contributed by atoms with E-state index < -0.39 is 0 Å². The fourth-order valence-corrected chi connectivity index (χ4v) is 1.92. The zero-order valence-corrected chi connectivity index (χ0v) is 8.16. The number of hydrogen-bond acceptors (Lipinski definition) is 3. The van der Waals surface area contributed by atoms with E-state index in [1.807, 2.05) is 17.5 Å². The summed E-state index contributed by atoms with van der Waals surface area (Å²) in [6.45, 7) is 0.139. The number of pyridine rings is 1. The minimum absolute atomic E-state index is 0.105. The molecule has 2 heterocycles. The van der Waals surface area contributed by atoms with Gasteiger partial charge in [0.1, 0.15) is 5.00 Å². The summed E-state index contributed by atoms with van der Waals surface area (Å²) < 4.78 is 8.16. The second kappa shape index (κ2) is 3.77. The zero-order chi connectivity index (χ0) is 10.7. The molecule has 0 amide bonds. The van der Waals surface area contributed by atoms with Crippen LogP contribution in [-0.4, -0.2) is 11.1 Å². The van der Waals surface area contributed by atoms with Crippen LogP contribution in [0.3, 0.4) is 0 Å². The third kappa shape index (κ3) is 1.62. The predicted molar refractivity (Wildman–Crippen MR) is 55.8 cm³/mol. The van der Waals surface area contributed by atoms with Crippen molar-refractivity contribution in [1.82, 2.24) is 4.57 Å². The Kier molecular flexibility index (Phi) is 2.15. The molecule has 0 radical (unpaired) electrons. The van der Waals surface area contributed by atoms with E-state index in [9.17, 15) is 4.79 Å². The lowest BCUT2D eigenvalue weighted by atomic mass is 10.3. The van der Waals surface area contributed by atoms with E-state index in [-0.39, 0.29) is 12.2 Å². The molecular formula is C10H9NO2S. The van der Waals surface area contributed by atoms with Crippen LogP contribution in [0, 0.1) is 0 Å². The van der Waals surface area contributed by atoms with Crippen LogP contribution in [0.2, 0.25) is 0 Å². The second-order valence-electron chi connectivity index (χ2n) is 2.84. The summed E-state index contributed by atoms with van der Waals surface area (Å²) >= 11 is 1.50. The molecule has 0 aliphatic heterocycles. The van der Waals surface area contributed by atoms with E-state index in [2.05, 4.69) is 5.11 Å². The highest BCUT2D eigenvalue weighted by atomic mass is 32.1. The Morgan fingerprint density at radius 2 is 2.50 bits per heavy atom. The van der Waals surface area contributed by atoms with Crippen molar-refractivity contribution in [3.05, 3.63) is 51.8 Å². The molecule has 2 rings (SSSR count). The fraction of sp³-hybridized carbons (Fsp3) is 0.100. The van der Waals surface area contributed by atoms with E-state index in [1.165, 1.54) is 17.4 Å². The number of nitrogens with zero attached hydrogens (tertiary/aromatic N) is 1. The molecule has 0 fully saturated rings. The van der Waals surface area contributed by atoms with Crippen LogP contribution in [0.4, 0.5) is 0 Å². The highest BCUT2D eigenvalue weighted by Crippen LogP contribution is 2.12.